The lowest BCUT2D eigenvalue weighted by Crippen LogP contribution is -2.22. The second-order valence-corrected chi connectivity index (χ2v) is 7.02. The fourth-order valence-corrected chi connectivity index (χ4v) is 3.12. The zero-order valence-electron chi connectivity index (χ0n) is 17.5. The quantitative estimate of drug-likeness (QED) is 0.330. The molecule has 10 heteroatoms. The van der Waals surface area contributed by atoms with Crippen molar-refractivity contribution in [2.45, 2.75) is 6.92 Å². The molecule has 1 amide bonds. The molecule has 9 nitrogen and oxygen atoms in total. The van der Waals surface area contributed by atoms with Gasteiger partial charge in [0.1, 0.15) is 5.82 Å². The number of H-pyrrole nitrogens is 1. The molecule has 1 heterocycles. The molecule has 0 aliphatic rings. The van der Waals surface area contributed by atoms with E-state index in [0.29, 0.717) is 11.4 Å². The van der Waals surface area contributed by atoms with Crippen LogP contribution in [0, 0.1) is 0 Å². The van der Waals surface area contributed by atoms with E-state index < -0.39 is 24.5 Å². The SMILES string of the molecule is CCOC(=O)c1[nH]c(-c2ccccc2)nc1NC(=O)COC(=O)c1cccc(NSC)c1. The molecule has 3 N–H and O–H groups in total. The van der Waals surface area contributed by atoms with Gasteiger partial charge in [0.25, 0.3) is 5.91 Å². The van der Waals surface area contributed by atoms with Crippen LogP contribution in [0.5, 0.6) is 0 Å². The molecule has 0 fully saturated rings. The molecule has 0 aliphatic heterocycles. The van der Waals surface area contributed by atoms with Crippen molar-refractivity contribution in [1.29, 1.82) is 0 Å². The highest BCUT2D eigenvalue weighted by Gasteiger charge is 2.21. The normalized spacial score (nSPS) is 10.3. The van der Waals surface area contributed by atoms with E-state index in [9.17, 15) is 14.4 Å². The number of esters is 2. The third-order valence-corrected chi connectivity index (χ3v) is 4.58. The minimum Gasteiger partial charge on any atom is -0.461 e. The summed E-state index contributed by atoms with van der Waals surface area (Å²) >= 11 is 1.39. The van der Waals surface area contributed by atoms with E-state index in [1.807, 2.05) is 24.5 Å². The lowest BCUT2D eigenvalue weighted by Gasteiger charge is -2.08. The number of amides is 1. The molecule has 0 atom stereocenters. The van der Waals surface area contributed by atoms with Crippen molar-refractivity contribution in [2.24, 2.45) is 0 Å². The van der Waals surface area contributed by atoms with Crippen molar-refractivity contribution in [3.8, 4) is 11.4 Å². The Labute approximate surface area is 189 Å². The fourth-order valence-electron chi connectivity index (χ4n) is 2.76. The van der Waals surface area contributed by atoms with Gasteiger partial charge in [-0.3, -0.25) is 4.79 Å². The molecular formula is C22H22N4O5S. The molecule has 166 valence electrons. The van der Waals surface area contributed by atoms with Crippen molar-refractivity contribution < 1.29 is 23.9 Å². The minimum atomic E-state index is -0.660. The number of nitrogens with one attached hydrogen (secondary N) is 3. The zero-order valence-corrected chi connectivity index (χ0v) is 18.3. The Bertz CT molecular complexity index is 1100. The summed E-state index contributed by atoms with van der Waals surface area (Å²) < 4.78 is 13.1. The number of imidazole rings is 1. The number of hydrogen-bond donors (Lipinski definition) is 3. The number of carbonyl (C=O) groups excluding carboxylic acids is 3. The molecule has 3 rings (SSSR count). The van der Waals surface area contributed by atoms with Gasteiger partial charge in [-0.25, -0.2) is 14.6 Å². The summed E-state index contributed by atoms with van der Waals surface area (Å²) in [4.78, 5) is 44.1. The second-order valence-electron chi connectivity index (χ2n) is 6.41. The monoisotopic (exact) mass is 454 g/mol. The summed E-state index contributed by atoms with van der Waals surface area (Å²) in [6, 6.07) is 15.8. The van der Waals surface area contributed by atoms with Crippen LogP contribution in [0.25, 0.3) is 11.4 Å². The average Bonchev–Trinajstić information content (AvgIpc) is 3.22. The van der Waals surface area contributed by atoms with E-state index in [0.717, 1.165) is 11.3 Å². The van der Waals surface area contributed by atoms with Crippen molar-refractivity contribution >= 4 is 41.3 Å². The summed E-state index contributed by atoms with van der Waals surface area (Å²) in [6.07, 6.45) is 1.86. The van der Waals surface area contributed by atoms with E-state index >= 15 is 0 Å². The van der Waals surface area contributed by atoms with E-state index in [-0.39, 0.29) is 18.1 Å². The van der Waals surface area contributed by atoms with Gasteiger partial charge in [0.05, 0.1) is 12.2 Å². The molecule has 0 bridgehead atoms. The van der Waals surface area contributed by atoms with Crippen LogP contribution in [-0.2, 0) is 14.3 Å². The molecule has 2 aromatic carbocycles. The summed E-state index contributed by atoms with van der Waals surface area (Å²) in [7, 11) is 0. The molecule has 1 aromatic heterocycles. The van der Waals surface area contributed by atoms with Crippen molar-refractivity contribution in [2.75, 3.05) is 29.5 Å². The first-order valence-corrected chi connectivity index (χ1v) is 10.9. The molecule has 32 heavy (non-hydrogen) atoms. The topological polar surface area (TPSA) is 122 Å². The van der Waals surface area contributed by atoms with E-state index in [1.54, 1.807) is 43.3 Å². The molecular weight excluding hydrogens is 432 g/mol. The fraction of sp³-hybridized carbons (Fsp3) is 0.182. The number of aromatic amines is 1. The van der Waals surface area contributed by atoms with Gasteiger partial charge in [-0.1, -0.05) is 48.3 Å². The highest BCUT2D eigenvalue weighted by molar-refractivity contribution is 7.99. The lowest BCUT2D eigenvalue weighted by atomic mass is 10.2. The number of anilines is 2. The number of rotatable bonds is 9. The number of carbonyl (C=O) groups is 3. The standard InChI is InChI=1S/C22H22N4O5S/c1-3-30-22(29)18-20(25-19(24-18)14-8-5-4-6-9-14)23-17(27)13-31-21(28)15-10-7-11-16(12-15)26-32-2/h4-12,26H,3,13H2,1-2H3,(H,23,27)(H,24,25). The maximum atomic E-state index is 12.4. The van der Waals surface area contributed by atoms with Crippen LogP contribution < -0.4 is 10.0 Å². The highest BCUT2D eigenvalue weighted by Crippen LogP contribution is 2.22. The van der Waals surface area contributed by atoms with Crippen molar-refractivity contribution in [3.05, 3.63) is 65.9 Å². The molecule has 0 aliphatic carbocycles. The van der Waals surface area contributed by atoms with Gasteiger partial charge < -0.3 is 24.5 Å². The Morgan fingerprint density at radius 1 is 1.03 bits per heavy atom. The Balaban J connectivity index is 1.69. The van der Waals surface area contributed by atoms with Crippen LogP contribution in [0.3, 0.4) is 0 Å². The molecule has 0 spiro atoms. The first kappa shape index (κ1) is 22.9. The Kier molecular flexibility index (Phi) is 7.87. The van der Waals surface area contributed by atoms with Gasteiger partial charge in [-0.05, 0) is 25.1 Å². The number of benzene rings is 2. The summed E-state index contributed by atoms with van der Waals surface area (Å²) in [5.41, 5.74) is 1.76. The van der Waals surface area contributed by atoms with Crippen LogP contribution in [0.2, 0.25) is 0 Å². The molecule has 0 radical (unpaired) electrons. The highest BCUT2D eigenvalue weighted by atomic mass is 32.2. The smallest absolute Gasteiger partial charge is 0.358 e. The molecule has 0 saturated heterocycles. The number of aromatic nitrogens is 2. The van der Waals surface area contributed by atoms with Crippen molar-refractivity contribution in [3.63, 3.8) is 0 Å². The lowest BCUT2D eigenvalue weighted by molar-refractivity contribution is -0.119. The van der Waals surface area contributed by atoms with Gasteiger partial charge in [-0.2, -0.15) is 0 Å². The van der Waals surface area contributed by atoms with Crippen LogP contribution >= 0.6 is 11.9 Å². The van der Waals surface area contributed by atoms with Gasteiger partial charge in [0.2, 0.25) is 0 Å². The predicted octanol–water partition coefficient (Wildman–Crippen LogP) is 3.74. The first-order valence-electron chi connectivity index (χ1n) is 9.70. The Hall–Kier alpha value is -3.79. The second kappa shape index (κ2) is 11.0. The number of hydrogen-bond acceptors (Lipinski definition) is 8. The van der Waals surface area contributed by atoms with E-state index in [1.165, 1.54) is 11.9 Å². The zero-order chi connectivity index (χ0) is 22.9. The van der Waals surface area contributed by atoms with Gasteiger partial charge in [-0.15, -0.1) is 0 Å². The maximum absolute atomic E-state index is 12.4. The third kappa shape index (κ3) is 5.88. The summed E-state index contributed by atoms with van der Waals surface area (Å²) in [5, 5.41) is 2.50. The summed E-state index contributed by atoms with van der Waals surface area (Å²) in [6.45, 7) is 1.29. The third-order valence-electron chi connectivity index (χ3n) is 4.14. The van der Waals surface area contributed by atoms with Gasteiger partial charge in [0.15, 0.2) is 18.1 Å². The van der Waals surface area contributed by atoms with Crippen LogP contribution in [-0.4, -0.2) is 47.3 Å². The van der Waals surface area contributed by atoms with Crippen molar-refractivity contribution in [1.82, 2.24) is 9.97 Å². The Morgan fingerprint density at radius 2 is 1.81 bits per heavy atom. The van der Waals surface area contributed by atoms with Gasteiger partial charge >= 0.3 is 11.9 Å². The molecule has 3 aromatic rings. The first-order chi connectivity index (χ1) is 15.5. The molecule has 0 saturated carbocycles. The van der Waals surface area contributed by atoms with Crippen LogP contribution in [0.1, 0.15) is 27.8 Å². The van der Waals surface area contributed by atoms with E-state index in [4.69, 9.17) is 9.47 Å². The van der Waals surface area contributed by atoms with Crippen LogP contribution in [0.15, 0.2) is 54.6 Å². The van der Waals surface area contributed by atoms with E-state index in [2.05, 4.69) is 20.0 Å². The maximum Gasteiger partial charge on any atom is 0.358 e. The Morgan fingerprint density at radius 3 is 2.53 bits per heavy atom. The minimum absolute atomic E-state index is 0.00113. The average molecular weight is 455 g/mol. The number of ether oxygens (including phenoxy) is 2. The number of nitrogens with zero attached hydrogens (tertiary/aromatic N) is 1. The predicted molar refractivity (Wildman–Crippen MR) is 122 cm³/mol. The molecule has 0 unspecified atom stereocenters. The van der Waals surface area contributed by atoms with Gasteiger partial charge in [0, 0.05) is 17.5 Å². The summed E-state index contributed by atoms with van der Waals surface area (Å²) in [5.74, 6) is -1.57. The largest absolute Gasteiger partial charge is 0.461 e. The van der Waals surface area contributed by atoms with Crippen LogP contribution in [0.4, 0.5) is 11.5 Å².